The molecule has 0 spiro atoms. The second-order valence-electron chi connectivity index (χ2n) is 4.42. The van der Waals surface area contributed by atoms with Gasteiger partial charge in [-0.15, -0.1) is 0 Å². The number of benzene rings is 1. The molecular formula is C14H15N3O4. The molecular weight excluding hydrogens is 274 g/mol. The molecule has 1 aromatic rings. The summed E-state index contributed by atoms with van der Waals surface area (Å²) < 4.78 is 0. The van der Waals surface area contributed by atoms with Crippen molar-refractivity contribution in [1.29, 1.82) is 0 Å². The third kappa shape index (κ3) is 2.62. The minimum absolute atomic E-state index is 0.245. The van der Waals surface area contributed by atoms with Crippen LogP contribution in [-0.2, 0) is 14.4 Å². The number of amides is 4. The van der Waals surface area contributed by atoms with E-state index in [-0.39, 0.29) is 5.69 Å². The van der Waals surface area contributed by atoms with Crippen LogP contribution in [0.2, 0.25) is 0 Å². The molecule has 0 bridgehead atoms. The lowest BCUT2D eigenvalue weighted by Crippen LogP contribution is -2.58. The number of hydrogen-bond donors (Lipinski definition) is 1. The summed E-state index contributed by atoms with van der Waals surface area (Å²) in [6.45, 7) is 5.69. The van der Waals surface area contributed by atoms with E-state index in [1.807, 2.05) is 19.2 Å². The second-order valence-corrected chi connectivity index (χ2v) is 4.42. The van der Waals surface area contributed by atoms with Crippen LogP contribution < -0.4 is 15.1 Å². The SMILES string of the molecule is CCN(CC)c1ccc(N2C(=O)NC(=O)C(=O)C2=O)cc1. The molecule has 1 N–H and O–H groups in total. The van der Waals surface area contributed by atoms with Crippen molar-refractivity contribution >= 4 is 35.0 Å². The molecule has 0 unspecified atom stereocenters. The Morgan fingerprint density at radius 2 is 1.57 bits per heavy atom. The van der Waals surface area contributed by atoms with E-state index in [4.69, 9.17) is 0 Å². The zero-order valence-electron chi connectivity index (χ0n) is 11.8. The molecule has 2 rings (SSSR count). The Labute approximate surface area is 121 Å². The number of barbiturate groups is 1. The zero-order valence-corrected chi connectivity index (χ0v) is 11.8. The molecule has 4 amide bonds. The third-order valence-corrected chi connectivity index (χ3v) is 3.26. The second kappa shape index (κ2) is 5.74. The molecule has 0 radical (unpaired) electrons. The normalized spacial score (nSPS) is 15.2. The molecule has 0 saturated carbocycles. The number of anilines is 2. The van der Waals surface area contributed by atoms with Crippen molar-refractivity contribution < 1.29 is 19.2 Å². The Morgan fingerprint density at radius 1 is 1.00 bits per heavy atom. The van der Waals surface area contributed by atoms with Crippen molar-refractivity contribution in [3.8, 4) is 0 Å². The zero-order chi connectivity index (χ0) is 15.6. The average molecular weight is 289 g/mol. The molecule has 0 atom stereocenters. The van der Waals surface area contributed by atoms with Crippen molar-refractivity contribution in [1.82, 2.24) is 5.32 Å². The van der Waals surface area contributed by atoms with Crippen LogP contribution >= 0.6 is 0 Å². The number of Topliss-reactive ketones (excluding diaryl/α,β-unsaturated/α-hetero) is 1. The molecule has 21 heavy (non-hydrogen) atoms. The van der Waals surface area contributed by atoms with Gasteiger partial charge in [0.25, 0.3) is 0 Å². The number of nitrogens with zero attached hydrogens (tertiary/aromatic N) is 2. The molecule has 7 nitrogen and oxygen atoms in total. The third-order valence-electron chi connectivity index (χ3n) is 3.26. The van der Waals surface area contributed by atoms with E-state index in [9.17, 15) is 19.2 Å². The van der Waals surface area contributed by atoms with Gasteiger partial charge >= 0.3 is 23.6 Å². The Morgan fingerprint density at radius 3 is 2.10 bits per heavy atom. The summed E-state index contributed by atoms with van der Waals surface area (Å²) in [6.07, 6.45) is 0. The molecule has 1 aliphatic heterocycles. The Bertz CT molecular complexity index is 605. The van der Waals surface area contributed by atoms with Crippen LogP contribution in [0.1, 0.15) is 13.8 Å². The van der Waals surface area contributed by atoms with Gasteiger partial charge in [-0.2, -0.15) is 0 Å². The minimum atomic E-state index is -1.25. The number of nitrogens with one attached hydrogen (secondary N) is 1. The molecule has 1 saturated heterocycles. The largest absolute Gasteiger partial charge is 0.372 e. The summed E-state index contributed by atoms with van der Waals surface area (Å²) in [6, 6.07) is 5.72. The molecule has 1 fully saturated rings. The first kappa shape index (κ1) is 14.7. The van der Waals surface area contributed by atoms with Gasteiger partial charge in [-0.1, -0.05) is 0 Å². The van der Waals surface area contributed by atoms with Crippen LogP contribution in [0.4, 0.5) is 16.2 Å². The number of ketones is 1. The predicted molar refractivity (Wildman–Crippen MR) is 76.0 cm³/mol. The number of rotatable bonds is 4. The first-order valence-corrected chi connectivity index (χ1v) is 6.58. The maximum absolute atomic E-state index is 11.8. The molecule has 1 aromatic carbocycles. The number of imide groups is 2. The highest BCUT2D eigenvalue weighted by Gasteiger charge is 2.39. The first-order valence-electron chi connectivity index (χ1n) is 6.58. The lowest BCUT2D eigenvalue weighted by atomic mass is 10.2. The summed E-state index contributed by atoms with van der Waals surface area (Å²) in [7, 11) is 0. The van der Waals surface area contributed by atoms with Crippen molar-refractivity contribution in [3.05, 3.63) is 24.3 Å². The summed E-state index contributed by atoms with van der Waals surface area (Å²) in [4.78, 5) is 48.7. The Balaban J connectivity index is 2.29. The number of carbonyl (C=O) groups is 4. The van der Waals surface area contributed by atoms with Crippen LogP contribution in [0.3, 0.4) is 0 Å². The predicted octanol–water partition coefficient (Wildman–Crippen LogP) is 0.685. The lowest BCUT2D eigenvalue weighted by Gasteiger charge is -2.25. The highest BCUT2D eigenvalue weighted by atomic mass is 16.2. The van der Waals surface area contributed by atoms with E-state index in [0.717, 1.165) is 18.8 Å². The maximum Gasteiger partial charge on any atom is 0.336 e. The van der Waals surface area contributed by atoms with Gasteiger partial charge in [0, 0.05) is 18.8 Å². The van der Waals surface area contributed by atoms with Gasteiger partial charge < -0.3 is 4.90 Å². The highest BCUT2D eigenvalue weighted by molar-refractivity contribution is 6.70. The fourth-order valence-corrected chi connectivity index (χ4v) is 2.14. The van der Waals surface area contributed by atoms with Crippen LogP contribution in [0.15, 0.2) is 24.3 Å². The van der Waals surface area contributed by atoms with Crippen molar-refractivity contribution in [2.24, 2.45) is 0 Å². The summed E-state index contributed by atoms with van der Waals surface area (Å²) >= 11 is 0. The van der Waals surface area contributed by atoms with E-state index in [1.54, 1.807) is 24.3 Å². The van der Waals surface area contributed by atoms with Crippen molar-refractivity contribution in [2.75, 3.05) is 22.9 Å². The minimum Gasteiger partial charge on any atom is -0.372 e. The van der Waals surface area contributed by atoms with Gasteiger partial charge in [0.1, 0.15) is 0 Å². The highest BCUT2D eigenvalue weighted by Crippen LogP contribution is 2.22. The average Bonchev–Trinajstić information content (AvgIpc) is 2.48. The smallest absolute Gasteiger partial charge is 0.336 e. The lowest BCUT2D eigenvalue weighted by molar-refractivity contribution is -0.145. The standard InChI is InChI=1S/C14H15N3O4/c1-3-16(4-2)9-5-7-10(8-6-9)17-13(20)11(18)12(19)15-14(17)21/h5-8H,3-4H2,1-2H3,(H,15,19,21). The molecule has 1 heterocycles. The fraction of sp³-hybridized carbons (Fsp3) is 0.286. The maximum atomic E-state index is 11.8. The van der Waals surface area contributed by atoms with E-state index >= 15 is 0 Å². The van der Waals surface area contributed by atoms with Crippen LogP contribution in [0.25, 0.3) is 0 Å². The van der Waals surface area contributed by atoms with Crippen molar-refractivity contribution in [3.63, 3.8) is 0 Å². The fourth-order valence-electron chi connectivity index (χ4n) is 2.14. The molecule has 0 aromatic heterocycles. The van der Waals surface area contributed by atoms with Crippen molar-refractivity contribution in [2.45, 2.75) is 13.8 Å². The van der Waals surface area contributed by atoms with Gasteiger partial charge in [0.05, 0.1) is 5.69 Å². The molecule has 0 aliphatic carbocycles. The van der Waals surface area contributed by atoms with Gasteiger partial charge in [0.2, 0.25) is 0 Å². The van der Waals surface area contributed by atoms with Crippen LogP contribution in [0, 0.1) is 0 Å². The van der Waals surface area contributed by atoms with Gasteiger partial charge in [0.15, 0.2) is 0 Å². The molecule has 7 heteroatoms. The summed E-state index contributed by atoms with van der Waals surface area (Å²) in [5, 5.41) is 1.84. The topological polar surface area (TPSA) is 86.8 Å². The monoisotopic (exact) mass is 289 g/mol. The Kier molecular flexibility index (Phi) is 4.02. The summed E-state index contributed by atoms with van der Waals surface area (Å²) in [5.41, 5.74) is 1.19. The van der Waals surface area contributed by atoms with Gasteiger partial charge in [-0.05, 0) is 38.1 Å². The van der Waals surface area contributed by atoms with E-state index in [2.05, 4.69) is 4.90 Å². The van der Waals surface area contributed by atoms with E-state index in [0.29, 0.717) is 4.90 Å². The molecule has 110 valence electrons. The van der Waals surface area contributed by atoms with Crippen LogP contribution in [-0.4, -0.2) is 36.7 Å². The Hall–Kier alpha value is -2.70. The van der Waals surface area contributed by atoms with Gasteiger partial charge in [-0.3, -0.25) is 19.7 Å². The quantitative estimate of drug-likeness (QED) is 0.824. The number of hydrogen-bond acceptors (Lipinski definition) is 5. The van der Waals surface area contributed by atoms with Crippen LogP contribution in [0.5, 0.6) is 0 Å². The summed E-state index contributed by atoms with van der Waals surface area (Å²) in [5.74, 6) is -3.58. The number of carbonyl (C=O) groups excluding carboxylic acids is 4. The number of urea groups is 1. The van der Waals surface area contributed by atoms with E-state index in [1.165, 1.54) is 0 Å². The first-order chi connectivity index (χ1) is 9.99. The molecule has 1 aliphatic rings. The van der Waals surface area contributed by atoms with Gasteiger partial charge in [-0.25, -0.2) is 9.69 Å². The van der Waals surface area contributed by atoms with E-state index < -0.39 is 23.6 Å².